The van der Waals surface area contributed by atoms with Gasteiger partial charge in [0, 0.05) is 37.6 Å². The number of benzene rings is 2. The molecular weight excluding hydrogens is 448 g/mol. The molecule has 0 unspecified atom stereocenters. The molecule has 2 heterocycles. The summed E-state index contributed by atoms with van der Waals surface area (Å²) in [5, 5.41) is 3.46. The van der Waals surface area contributed by atoms with E-state index in [0.29, 0.717) is 50.7 Å². The van der Waals surface area contributed by atoms with Crippen molar-refractivity contribution >= 4 is 28.8 Å². The van der Waals surface area contributed by atoms with Crippen molar-refractivity contribution in [3.8, 4) is 5.75 Å². The van der Waals surface area contributed by atoms with Gasteiger partial charge in [0.15, 0.2) is 0 Å². The van der Waals surface area contributed by atoms with Crippen molar-refractivity contribution in [3.05, 3.63) is 71.9 Å². The summed E-state index contributed by atoms with van der Waals surface area (Å²) in [5.41, 5.74) is 1.81. The summed E-state index contributed by atoms with van der Waals surface area (Å²) in [5.74, 6) is -0.131. The highest BCUT2D eigenvalue weighted by atomic mass is 16.6. The third kappa shape index (κ3) is 6.06. The summed E-state index contributed by atoms with van der Waals surface area (Å²) in [6, 6.07) is 18.8. The molecule has 1 saturated heterocycles. The highest BCUT2D eigenvalue weighted by Crippen LogP contribution is 2.26. The van der Waals surface area contributed by atoms with E-state index in [1.54, 1.807) is 22.8 Å². The van der Waals surface area contributed by atoms with Crippen molar-refractivity contribution in [1.29, 1.82) is 0 Å². The van der Waals surface area contributed by atoms with Gasteiger partial charge in [-0.05, 0) is 24.6 Å². The summed E-state index contributed by atoms with van der Waals surface area (Å²) < 4.78 is 11.0. The average molecular weight is 477 g/mol. The van der Waals surface area contributed by atoms with Gasteiger partial charge in [-0.25, -0.2) is 9.78 Å². The zero-order valence-corrected chi connectivity index (χ0v) is 19.6. The van der Waals surface area contributed by atoms with E-state index < -0.39 is 5.91 Å². The molecular formula is C26H28N4O5. The molecule has 1 aliphatic heterocycles. The number of amides is 3. The Bertz CT molecular complexity index is 1190. The van der Waals surface area contributed by atoms with Gasteiger partial charge in [0.05, 0.1) is 18.7 Å². The molecule has 3 aromatic rings. The van der Waals surface area contributed by atoms with Crippen LogP contribution in [0, 0.1) is 0 Å². The van der Waals surface area contributed by atoms with Crippen LogP contribution < -0.4 is 10.1 Å². The first-order chi connectivity index (χ1) is 17.0. The largest absolute Gasteiger partial charge is 0.488 e. The first-order valence-electron chi connectivity index (χ1n) is 11.6. The summed E-state index contributed by atoms with van der Waals surface area (Å²) >= 11 is 0. The number of nitrogens with zero attached hydrogens (tertiary/aromatic N) is 3. The van der Waals surface area contributed by atoms with Crippen LogP contribution in [-0.4, -0.2) is 72.0 Å². The number of carbonyl (C=O) groups excluding carboxylic acids is 3. The topological polar surface area (TPSA) is 101 Å². The molecule has 1 aliphatic rings. The van der Waals surface area contributed by atoms with Crippen LogP contribution in [0.2, 0.25) is 0 Å². The Morgan fingerprint density at radius 2 is 1.63 bits per heavy atom. The molecule has 3 amide bonds. The van der Waals surface area contributed by atoms with E-state index >= 15 is 0 Å². The van der Waals surface area contributed by atoms with E-state index in [1.807, 2.05) is 54.6 Å². The molecule has 0 bridgehead atoms. The van der Waals surface area contributed by atoms with Gasteiger partial charge in [-0.1, -0.05) is 42.5 Å². The Kier molecular flexibility index (Phi) is 7.77. The number of hydrogen-bond acceptors (Lipinski definition) is 6. The zero-order chi connectivity index (χ0) is 24.6. The molecule has 0 atom stereocenters. The van der Waals surface area contributed by atoms with Gasteiger partial charge < -0.3 is 24.6 Å². The minimum Gasteiger partial charge on any atom is -0.488 e. The Balaban J connectivity index is 1.38. The van der Waals surface area contributed by atoms with Crippen LogP contribution in [0.4, 0.5) is 4.79 Å². The van der Waals surface area contributed by atoms with E-state index in [9.17, 15) is 14.4 Å². The van der Waals surface area contributed by atoms with Crippen LogP contribution >= 0.6 is 0 Å². The Morgan fingerprint density at radius 3 is 2.37 bits per heavy atom. The number of piperazine rings is 1. The lowest BCUT2D eigenvalue weighted by Crippen LogP contribution is -2.52. The van der Waals surface area contributed by atoms with Crippen LogP contribution in [0.1, 0.15) is 23.0 Å². The lowest BCUT2D eigenvalue weighted by molar-refractivity contribution is -0.131. The third-order valence-corrected chi connectivity index (χ3v) is 5.71. The van der Waals surface area contributed by atoms with Crippen LogP contribution in [0.25, 0.3) is 10.9 Å². The smallest absolute Gasteiger partial charge is 0.409 e. The SMILES string of the molecule is CCOC(=O)N1CCN(C(=O)CNC(=O)c2cc(OCc3ccccc3)c3ccccc3n2)CC1. The third-order valence-electron chi connectivity index (χ3n) is 5.71. The summed E-state index contributed by atoms with van der Waals surface area (Å²) in [6.45, 7) is 3.83. The first kappa shape index (κ1) is 24.0. The van der Waals surface area contributed by atoms with Crippen molar-refractivity contribution in [1.82, 2.24) is 20.1 Å². The van der Waals surface area contributed by atoms with E-state index in [1.165, 1.54) is 0 Å². The van der Waals surface area contributed by atoms with Gasteiger partial charge in [0.1, 0.15) is 18.1 Å². The number of ether oxygens (including phenoxy) is 2. The molecule has 0 aliphatic carbocycles. The number of carbonyl (C=O) groups is 3. The maximum absolute atomic E-state index is 12.8. The van der Waals surface area contributed by atoms with Gasteiger partial charge in [-0.3, -0.25) is 9.59 Å². The molecule has 0 spiro atoms. The van der Waals surface area contributed by atoms with Crippen LogP contribution in [-0.2, 0) is 16.1 Å². The van der Waals surface area contributed by atoms with Crippen LogP contribution in [0.3, 0.4) is 0 Å². The number of rotatable bonds is 7. The molecule has 1 aromatic heterocycles. The van der Waals surface area contributed by atoms with Crippen molar-refractivity contribution < 1.29 is 23.9 Å². The Hall–Kier alpha value is -4.14. The molecule has 4 rings (SSSR count). The molecule has 2 aromatic carbocycles. The molecule has 1 N–H and O–H groups in total. The molecule has 9 heteroatoms. The summed E-state index contributed by atoms with van der Waals surface area (Å²) in [6.07, 6.45) is -0.374. The van der Waals surface area contributed by atoms with Crippen molar-refractivity contribution in [2.75, 3.05) is 39.3 Å². The van der Waals surface area contributed by atoms with E-state index in [4.69, 9.17) is 9.47 Å². The lowest BCUT2D eigenvalue weighted by Gasteiger charge is -2.34. The van der Waals surface area contributed by atoms with Gasteiger partial charge in [-0.2, -0.15) is 0 Å². The number of hydrogen-bond donors (Lipinski definition) is 1. The van der Waals surface area contributed by atoms with Crippen LogP contribution in [0.15, 0.2) is 60.7 Å². The lowest BCUT2D eigenvalue weighted by atomic mass is 10.1. The second-order valence-electron chi connectivity index (χ2n) is 8.05. The fourth-order valence-corrected chi connectivity index (χ4v) is 3.83. The van der Waals surface area contributed by atoms with E-state index in [2.05, 4.69) is 10.3 Å². The Morgan fingerprint density at radius 1 is 0.943 bits per heavy atom. The predicted octanol–water partition coefficient (Wildman–Crippen LogP) is 2.84. The summed E-state index contributed by atoms with van der Waals surface area (Å²) in [7, 11) is 0. The molecule has 0 radical (unpaired) electrons. The predicted molar refractivity (Wildman–Crippen MR) is 130 cm³/mol. The number of aromatic nitrogens is 1. The monoisotopic (exact) mass is 476 g/mol. The van der Waals surface area contributed by atoms with E-state index in [-0.39, 0.29) is 24.2 Å². The minimum atomic E-state index is -0.459. The fourth-order valence-electron chi connectivity index (χ4n) is 3.83. The zero-order valence-electron chi connectivity index (χ0n) is 19.6. The second kappa shape index (κ2) is 11.3. The maximum Gasteiger partial charge on any atom is 0.409 e. The number of para-hydroxylation sites is 1. The molecule has 9 nitrogen and oxygen atoms in total. The second-order valence-corrected chi connectivity index (χ2v) is 8.05. The fraction of sp³-hybridized carbons (Fsp3) is 0.308. The van der Waals surface area contributed by atoms with Gasteiger partial charge in [-0.15, -0.1) is 0 Å². The number of pyridine rings is 1. The van der Waals surface area contributed by atoms with Gasteiger partial charge >= 0.3 is 6.09 Å². The summed E-state index contributed by atoms with van der Waals surface area (Å²) in [4.78, 5) is 44.9. The quantitative estimate of drug-likeness (QED) is 0.563. The minimum absolute atomic E-state index is 0.160. The molecule has 0 saturated carbocycles. The van der Waals surface area contributed by atoms with Crippen LogP contribution in [0.5, 0.6) is 5.75 Å². The highest BCUT2D eigenvalue weighted by molar-refractivity contribution is 5.98. The normalized spacial score (nSPS) is 13.4. The first-order valence-corrected chi connectivity index (χ1v) is 11.6. The highest BCUT2D eigenvalue weighted by Gasteiger charge is 2.25. The standard InChI is InChI=1S/C26H28N4O5/c1-2-34-26(33)30-14-12-29(13-15-30)24(31)17-27-25(32)22-16-23(20-10-6-7-11-21(20)28-22)35-18-19-8-4-3-5-9-19/h3-11,16H,2,12-15,17-18H2,1H3,(H,27,32). The number of fused-ring (bicyclic) bond motifs is 1. The Labute approximate surface area is 203 Å². The van der Waals surface area contributed by atoms with Gasteiger partial charge in [0.2, 0.25) is 5.91 Å². The van der Waals surface area contributed by atoms with Crippen molar-refractivity contribution in [2.45, 2.75) is 13.5 Å². The van der Waals surface area contributed by atoms with Crippen molar-refractivity contribution in [3.63, 3.8) is 0 Å². The average Bonchev–Trinajstić information content (AvgIpc) is 2.90. The molecule has 1 fully saturated rings. The maximum atomic E-state index is 12.8. The molecule has 182 valence electrons. The van der Waals surface area contributed by atoms with E-state index in [0.717, 1.165) is 10.9 Å². The number of nitrogens with one attached hydrogen (secondary N) is 1. The molecule has 35 heavy (non-hydrogen) atoms. The van der Waals surface area contributed by atoms with Crippen molar-refractivity contribution in [2.24, 2.45) is 0 Å². The van der Waals surface area contributed by atoms with Gasteiger partial charge in [0.25, 0.3) is 5.91 Å².